The molecule has 104 valence electrons. The standard InChI is InChI=1S/C15H14BrNO2S/c16-11-5-1-2-6-12(11)17-15(19)9-3-7-13(18)14-8-4-10-20-14/h1-2,4-6,8,10H,3,7,9H2,(H,17,19). The minimum Gasteiger partial charge on any atom is -0.325 e. The first-order valence-electron chi connectivity index (χ1n) is 6.28. The number of hydrogen-bond donors (Lipinski definition) is 1. The average Bonchev–Trinajstić information content (AvgIpc) is 2.95. The number of amides is 1. The van der Waals surface area contributed by atoms with Crippen LogP contribution < -0.4 is 5.32 Å². The maximum Gasteiger partial charge on any atom is 0.224 e. The Balaban J connectivity index is 1.76. The summed E-state index contributed by atoms with van der Waals surface area (Å²) < 4.78 is 0.850. The molecule has 0 bridgehead atoms. The van der Waals surface area contributed by atoms with E-state index in [1.54, 1.807) is 0 Å². The number of hydrogen-bond acceptors (Lipinski definition) is 3. The van der Waals surface area contributed by atoms with Gasteiger partial charge in [-0.15, -0.1) is 11.3 Å². The van der Waals surface area contributed by atoms with E-state index in [1.165, 1.54) is 11.3 Å². The van der Waals surface area contributed by atoms with Gasteiger partial charge < -0.3 is 5.32 Å². The van der Waals surface area contributed by atoms with Gasteiger partial charge in [0.15, 0.2) is 5.78 Å². The van der Waals surface area contributed by atoms with Gasteiger partial charge in [0.25, 0.3) is 0 Å². The van der Waals surface area contributed by atoms with E-state index in [0.717, 1.165) is 15.0 Å². The summed E-state index contributed by atoms with van der Waals surface area (Å²) in [5.41, 5.74) is 0.752. The van der Waals surface area contributed by atoms with Crippen LogP contribution in [0.2, 0.25) is 0 Å². The van der Waals surface area contributed by atoms with E-state index in [2.05, 4.69) is 21.2 Å². The van der Waals surface area contributed by atoms with Crippen molar-refractivity contribution in [1.82, 2.24) is 0 Å². The highest BCUT2D eigenvalue weighted by atomic mass is 79.9. The first-order valence-corrected chi connectivity index (χ1v) is 7.95. The molecule has 0 atom stereocenters. The van der Waals surface area contributed by atoms with Crippen molar-refractivity contribution in [3.8, 4) is 0 Å². The lowest BCUT2D eigenvalue weighted by molar-refractivity contribution is -0.116. The van der Waals surface area contributed by atoms with E-state index in [1.807, 2.05) is 41.8 Å². The van der Waals surface area contributed by atoms with Crippen LogP contribution in [0, 0.1) is 0 Å². The summed E-state index contributed by atoms with van der Waals surface area (Å²) in [6.45, 7) is 0. The van der Waals surface area contributed by atoms with Gasteiger partial charge in [-0.25, -0.2) is 0 Å². The topological polar surface area (TPSA) is 46.2 Å². The molecule has 0 aliphatic heterocycles. The lowest BCUT2D eigenvalue weighted by atomic mass is 10.1. The molecule has 2 rings (SSSR count). The number of carbonyl (C=O) groups is 2. The van der Waals surface area contributed by atoms with Gasteiger partial charge in [0.05, 0.1) is 10.6 Å². The van der Waals surface area contributed by atoms with Crippen LogP contribution in [0.25, 0.3) is 0 Å². The largest absolute Gasteiger partial charge is 0.325 e. The third-order valence-electron chi connectivity index (χ3n) is 2.75. The van der Waals surface area contributed by atoms with Crippen LogP contribution in [0.5, 0.6) is 0 Å². The molecule has 5 heteroatoms. The summed E-state index contributed by atoms with van der Waals surface area (Å²) in [6.07, 6.45) is 1.31. The van der Waals surface area contributed by atoms with Crippen molar-refractivity contribution >= 4 is 44.6 Å². The van der Waals surface area contributed by atoms with Crippen LogP contribution in [0.15, 0.2) is 46.3 Å². The van der Waals surface area contributed by atoms with Gasteiger partial charge in [-0.2, -0.15) is 0 Å². The second-order valence-corrected chi connectivity index (χ2v) is 6.08. The zero-order valence-electron chi connectivity index (χ0n) is 10.8. The molecule has 1 aromatic heterocycles. The van der Waals surface area contributed by atoms with Crippen molar-refractivity contribution in [3.05, 3.63) is 51.1 Å². The number of para-hydroxylation sites is 1. The molecule has 3 nitrogen and oxygen atoms in total. The molecule has 0 saturated carbocycles. The second kappa shape index (κ2) is 7.36. The number of thiophene rings is 1. The fraction of sp³-hybridized carbons (Fsp3) is 0.200. The fourth-order valence-corrected chi connectivity index (χ4v) is 2.82. The van der Waals surface area contributed by atoms with Gasteiger partial charge in [-0.3, -0.25) is 9.59 Å². The number of halogens is 1. The average molecular weight is 352 g/mol. The van der Waals surface area contributed by atoms with Crippen molar-refractivity contribution in [2.45, 2.75) is 19.3 Å². The molecule has 1 aromatic carbocycles. The third-order valence-corrected chi connectivity index (χ3v) is 4.35. The number of carbonyl (C=O) groups excluding carboxylic acids is 2. The minimum atomic E-state index is -0.0733. The summed E-state index contributed by atoms with van der Waals surface area (Å²) in [6, 6.07) is 11.1. The zero-order valence-corrected chi connectivity index (χ0v) is 13.2. The van der Waals surface area contributed by atoms with Crippen LogP contribution in [-0.4, -0.2) is 11.7 Å². The molecule has 1 amide bonds. The summed E-state index contributed by atoms with van der Waals surface area (Å²) >= 11 is 4.81. The van der Waals surface area contributed by atoms with E-state index in [4.69, 9.17) is 0 Å². The monoisotopic (exact) mass is 351 g/mol. The molecule has 0 unspecified atom stereocenters. The lowest BCUT2D eigenvalue weighted by Gasteiger charge is -2.06. The predicted octanol–water partition coefficient (Wildman–Crippen LogP) is 4.50. The summed E-state index contributed by atoms with van der Waals surface area (Å²) in [7, 11) is 0. The number of Topliss-reactive ketones (excluding diaryl/α,β-unsaturated/α-hetero) is 1. The first-order chi connectivity index (χ1) is 9.66. The highest BCUT2D eigenvalue weighted by Crippen LogP contribution is 2.21. The van der Waals surface area contributed by atoms with Gasteiger partial charge in [0.2, 0.25) is 5.91 Å². The van der Waals surface area contributed by atoms with E-state index >= 15 is 0 Å². The molecule has 20 heavy (non-hydrogen) atoms. The van der Waals surface area contributed by atoms with Gasteiger partial charge in [0, 0.05) is 17.3 Å². The number of nitrogens with one attached hydrogen (secondary N) is 1. The van der Waals surface area contributed by atoms with Gasteiger partial charge in [-0.05, 0) is 45.9 Å². The third kappa shape index (κ3) is 4.28. The van der Waals surface area contributed by atoms with Crippen molar-refractivity contribution in [1.29, 1.82) is 0 Å². The van der Waals surface area contributed by atoms with E-state index < -0.39 is 0 Å². The van der Waals surface area contributed by atoms with Crippen LogP contribution >= 0.6 is 27.3 Å². The Labute approximate surface area is 130 Å². The molecule has 0 aliphatic carbocycles. The highest BCUT2D eigenvalue weighted by molar-refractivity contribution is 9.10. The molecule has 0 fully saturated rings. The van der Waals surface area contributed by atoms with Gasteiger partial charge >= 0.3 is 0 Å². The van der Waals surface area contributed by atoms with Crippen molar-refractivity contribution in [2.24, 2.45) is 0 Å². The normalized spacial score (nSPS) is 10.2. The Kier molecular flexibility index (Phi) is 5.49. The van der Waals surface area contributed by atoms with Crippen molar-refractivity contribution < 1.29 is 9.59 Å². The molecule has 0 aliphatic rings. The van der Waals surface area contributed by atoms with Crippen molar-refractivity contribution in [2.75, 3.05) is 5.32 Å². The number of anilines is 1. The van der Waals surface area contributed by atoms with Crippen LogP contribution in [0.3, 0.4) is 0 Å². The van der Waals surface area contributed by atoms with E-state index in [-0.39, 0.29) is 11.7 Å². The highest BCUT2D eigenvalue weighted by Gasteiger charge is 2.09. The lowest BCUT2D eigenvalue weighted by Crippen LogP contribution is -2.12. The molecular weight excluding hydrogens is 338 g/mol. The predicted molar refractivity (Wildman–Crippen MR) is 85.3 cm³/mol. The van der Waals surface area contributed by atoms with E-state index in [9.17, 15) is 9.59 Å². The fourth-order valence-electron chi connectivity index (χ4n) is 1.75. The summed E-state index contributed by atoms with van der Waals surface area (Å²) in [4.78, 5) is 24.3. The molecule has 2 aromatic rings. The molecule has 1 heterocycles. The Morgan fingerprint density at radius 1 is 1.10 bits per heavy atom. The molecule has 0 saturated heterocycles. The number of rotatable bonds is 6. The zero-order chi connectivity index (χ0) is 14.4. The smallest absolute Gasteiger partial charge is 0.224 e. The minimum absolute atomic E-state index is 0.0733. The van der Waals surface area contributed by atoms with Gasteiger partial charge in [0.1, 0.15) is 0 Å². The number of ketones is 1. The van der Waals surface area contributed by atoms with Crippen LogP contribution in [0.1, 0.15) is 28.9 Å². The number of benzene rings is 1. The summed E-state index contributed by atoms with van der Waals surface area (Å²) in [5, 5.41) is 4.71. The van der Waals surface area contributed by atoms with E-state index in [0.29, 0.717) is 19.3 Å². The molecule has 0 radical (unpaired) electrons. The molecule has 0 spiro atoms. The maximum absolute atomic E-state index is 11.8. The molecular formula is C15H14BrNO2S. The Bertz CT molecular complexity index is 596. The Hall–Kier alpha value is -1.46. The summed E-state index contributed by atoms with van der Waals surface area (Å²) in [5.74, 6) is 0.0320. The second-order valence-electron chi connectivity index (χ2n) is 4.28. The Morgan fingerprint density at radius 3 is 2.60 bits per heavy atom. The van der Waals surface area contributed by atoms with Crippen LogP contribution in [0.4, 0.5) is 5.69 Å². The Morgan fingerprint density at radius 2 is 1.90 bits per heavy atom. The first kappa shape index (κ1) is 14.9. The maximum atomic E-state index is 11.8. The quantitative estimate of drug-likeness (QED) is 0.778. The van der Waals surface area contributed by atoms with Crippen molar-refractivity contribution in [3.63, 3.8) is 0 Å². The SMILES string of the molecule is O=C(CCCC(=O)c1cccs1)Nc1ccccc1Br. The molecule has 1 N–H and O–H groups in total. The van der Waals surface area contributed by atoms with Gasteiger partial charge in [-0.1, -0.05) is 18.2 Å². The van der Waals surface area contributed by atoms with Crippen LogP contribution in [-0.2, 0) is 4.79 Å².